The van der Waals surface area contributed by atoms with Crippen LogP contribution in [0.2, 0.25) is 0 Å². The molecule has 0 radical (unpaired) electrons. The molecule has 0 aliphatic heterocycles. The van der Waals surface area contributed by atoms with E-state index in [1.165, 1.54) is 0 Å². The first-order valence-corrected chi connectivity index (χ1v) is 5.06. The summed E-state index contributed by atoms with van der Waals surface area (Å²) >= 11 is 0. The molecule has 5 heteroatoms. The molecule has 0 aromatic carbocycles. The van der Waals surface area contributed by atoms with Gasteiger partial charge in [-0.15, -0.1) is 0 Å². The maximum atomic E-state index is 11.0. The summed E-state index contributed by atoms with van der Waals surface area (Å²) in [7, 11) is 0. The Bertz CT molecular complexity index is 182. The molecule has 0 rings (SSSR count). The van der Waals surface area contributed by atoms with Gasteiger partial charge < -0.3 is 19.6 Å². The van der Waals surface area contributed by atoms with E-state index < -0.39 is 0 Å². The van der Waals surface area contributed by atoms with E-state index in [1.807, 2.05) is 13.8 Å². The van der Waals surface area contributed by atoms with E-state index in [0.29, 0.717) is 26.2 Å². The van der Waals surface area contributed by atoms with E-state index in [9.17, 15) is 9.59 Å². The van der Waals surface area contributed by atoms with Crippen LogP contribution in [0.3, 0.4) is 0 Å². The third-order valence-corrected chi connectivity index (χ3v) is 1.50. The molecule has 0 aliphatic carbocycles. The number of carbonyl (C=O) groups is 2. The van der Waals surface area contributed by atoms with Crippen molar-refractivity contribution in [1.82, 2.24) is 5.32 Å². The first kappa shape index (κ1) is 14.1. The monoisotopic (exact) mass is 217 g/mol. The highest BCUT2D eigenvalue weighted by atomic mass is 16.5. The van der Waals surface area contributed by atoms with Crippen LogP contribution in [0.15, 0.2) is 0 Å². The number of aldehydes is 1. The molecule has 0 spiro atoms. The van der Waals surface area contributed by atoms with Crippen molar-refractivity contribution in [1.29, 1.82) is 0 Å². The average molecular weight is 217 g/mol. The zero-order chi connectivity index (χ0) is 11.5. The summed E-state index contributed by atoms with van der Waals surface area (Å²) in [6.45, 7) is 5.14. The summed E-state index contributed by atoms with van der Waals surface area (Å²) in [5, 5.41) is 2.55. The van der Waals surface area contributed by atoms with Gasteiger partial charge >= 0.3 is 0 Å². The fourth-order valence-electron chi connectivity index (χ4n) is 0.829. The third kappa shape index (κ3) is 11.0. The molecule has 0 aliphatic rings. The van der Waals surface area contributed by atoms with Gasteiger partial charge in [0.1, 0.15) is 12.9 Å². The molecule has 0 saturated carbocycles. The van der Waals surface area contributed by atoms with Gasteiger partial charge in [-0.05, 0) is 13.8 Å². The van der Waals surface area contributed by atoms with E-state index in [4.69, 9.17) is 9.47 Å². The van der Waals surface area contributed by atoms with Gasteiger partial charge in [-0.1, -0.05) is 0 Å². The van der Waals surface area contributed by atoms with Crippen LogP contribution >= 0.6 is 0 Å². The van der Waals surface area contributed by atoms with Gasteiger partial charge in [-0.2, -0.15) is 0 Å². The molecule has 0 fully saturated rings. The fraction of sp³-hybridized carbons (Fsp3) is 0.800. The number of amides is 1. The molecule has 0 aromatic heterocycles. The lowest BCUT2D eigenvalue weighted by atomic mass is 10.4. The van der Waals surface area contributed by atoms with Gasteiger partial charge in [0.15, 0.2) is 0 Å². The van der Waals surface area contributed by atoms with Crippen LogP contribution in [0.5, 0.6) is 0 Å². The quantitative estimate of drug-likeness (QED) is 0.440. The smallest absolute Gasteiger partial charge is 0.246 e. The summed E-state index contributed by atoms with van der Waals surface area (Å²) in [6.07, 6.45) is 1.27. The van der Waals surface area contributed by atoms with Crippen molar-refractivity contribution in [3.63, 3.8) is 0 Å². The average Bonchev–Trinajstić information content (AvgIpc) is 2.17. The SMILES string of the molecule is CC(C)OCCOCC(=O)NCCC=O. The van der Waals surface area contributed by atoms with Crippen molar-refractivity contribution in [2.45, 2.75) is 26.4 Å². The van der Waals surface area contributed by atoms with Crippen LogP contribution in [0.1, 0.15) is 20.3 Å². The number of carbonyl (C=O) groups excluding carboxylic acids is 2. The van der Waals surface area contributed by atoms with Gasteiger partial charge in [-0.3, -0.25) is 4.79 Å². The predicted octanol–water partition coefficient (Wildman–Crippen LogP) is 0.133. The second-order valence-electron chi connectivity index (χ2n) is 3.28. The second-order valence-corrected chi connectivity index (χ2v) is 3.28. The Morgan fingerprint density at radius 1 is 1.40 bits per heavy atom. The highest BCUT2D eigenvalue weighted by molar-refractivity contribution is 5.77. The lowest BCUT2D eigenvalue weighted by molar-refractivity contribution is -0.126. The molecule has 0 atom stereocenters. The highest BCUT2D eigenvalue weighted by Gasteiger charge is 2.00. The van der Waals surface area contributed by atoms with Crippen LogP contribution in [-0.4, -0.2) is 44.7 Å². The maximum absolute atomic E-state index is 11.0. The predicted molar refractivity (Wildman–Crippen MR) is 55.6 cm³/mol. The summed E-state index contributed by atoms with van der Waals surface area (Å²) in [4.78, 5) is 21.0. The van der Waals surface area contributed by atoms with Crippen LogP contribution < -0.4 is 5.32 Å². The van der Waals surface area contributed by atoms with Gasteiger partial charge in [0.2, 0.25) is 5.91 Å². The van der Waals surface area contributed by atoms with E-state index >= 15 is 0 Å². The van der Waals surface area contributed by atoms with Gasteiger partial charge in [0.05, 0.1) is 19.3 Å². The molecule has 0 unspecified atom stereocenters. The Kier molecular flexibility index (Phi) is 9.01. The Labute approximate surface area is 90.1 Å². The Morgan fingerprint density at radius 2 is 2.13 bits per heavy atom. The van der Waals surface area contributed by atoms with E-state index in [-0.39, 0.29) is 18.6 Å². The Morgan fingerprint density at radius 3 is 2.73 bits per heavy atom. The number of hydrogen-bond acceptors (Lipinski definition) is 4. The minimum atomic E-state index is -0.207. The van der Waals surface area contributed by atoms with E-state index in [1.54, 1.807) is 0 Å². The van der Waals surface area contributed by atoms with Crippen molar-refractivity contribution in [3.05, 3.63) is 0 Å². The fourth-order valence-corrected chi connectivity index (χ4v) is 0.829. The first-order chi connectivity index (χ1) is 7.16. The minimum absolute atomic E-state index is 0.0142. The molecule has 0 saturated heterocycles. The standard InChI is InChI=1S/C10H19NO4/c1-9(2)15-7-6-14-8-10(13)11-4-3-5-12/h5,9H,3-4,6-8H2,1-2H3,(H,11,13). The lowest BCUT2D eigenvalue weighted by Crippen LogP contribution is -2.29. The summed E-state index contributed by atoms with van der Waals surface area (Å²) in [6, 6.07) is 0. The summed E-state index contributed by atoms with van der Waals surface area (Å²) in [5.74, 6) is -0.207. The first-order valence-electron chi connectivity index (χ1n) is 5.06. The topological polar surface area (TPSA) is 64.6 Å². The van der Waals surface area contributed by atoms with Crippen molar-refractivity contribution < 1.29 is 19.1 Å². The van der Waals surface area contributed by atoms with Crippen molar-refractivity contribution >= 4 is 12.2 Å². The molecule has 5 nitrogen and oxygen atoms in total. The van der Waals surface area contributed by atoms with Gasteiger partial charge in [-0.25, -0.2) is 0 Å². The van der Waals surface area contributed by atoms with Crippen molar-refractivity contribution in [2.75, 3.05) is 26.4 Å². The highest BCUT2D eigenvalue weighted by Crippen LogP contribution is 1.87. The zero-order valence-corrected chi connectivity index (χ0v) is 9.32. The molecule has 1 amide bonds. The summed E-state index contributed by atoms with van der Waals surface area (Å²) in [5.41, 5.74) is 0. The molecule has 15 heavy (non-hydrogen) atoms. The maximum Gasteiger partial charge on any atom is 0.246 e. The molecular weight excluding hydrogens is 198 g/mol. The van der Waals surface area contributed by atoms with Crippen LogP contribution in [0.25, 0.3) is 0 Å². The normalized spacial score (nSPS) is 10.3. The molecule has 1 N–H and O–H groups in total. The molecule has 0 heterocycles. The molecule has 0 aromatic rings. The Balaban J connectivity index is 3.20. The number of nitrogens with one attached hydrogen (secondary N) is 1. The van der Waals surface area contributed by atoms with E-state index in [0.717, 1.165) is 6.29 Å². The van der Waals surface area contributed by atoms with Crippen LogP contribution in [0, 0.1) is 0 Å². The van der Waals surface area contributed by atoms with Gasteiger partial charge in [0.25, 0.3) is 0 Å². The van der Waals surface area contributed by atoms with Crippen LogP contribution in [-0.2, 0) is 19.1 Å². The second kappa shape index (κ2) is 9.61. The number of ether oxygens (including phenoxy) is 2. The van der Waals surface area contributed by atoms with Gasteiger partial charge in [0, 0.05) is 13.0 Å². The molecular formula is C10H19NO4. The summed E-state index contributed by atoms with van der Waals surface area (Å²) < 4.78 is 10.3. The minimum Gasteiger partial charge on any atom is -0.376 e. The lowest BCUT2D eigenvalue weighted by Gasteiger charge is -2.08. The van der Waals surface area contributed by atoms with E-state index in [2.05, 4.69) is 5.32 Å². The molecule has 0 bridgehead atoms. The number of rotatable bonds is 9. The van der Waals surface area contributed by atoms with Crippen LogP contribution in [0.4, 0.5) is 0 Å². The Hall–Kier alpha value is -0.940. The third-order valence-electron chi connectivity index (χ3n) is 1.50. The van der Waals surface area contributed by atoms with Crippen molar-refractivity contribution in [3.8, 4) is 0 Å². The van der Waals surface area contributed by atoms with Crippen molar-refractivity contribution in [2.24, 2.45) is 0 Å². The molecule has 88 valence electrons. The zero-order valence-electron chi connectivity index (χ0n) is 9.32. The largest absolute Gasteiger partial charge is 0.376 e. The number of hydrogen-bond donors (Lipinski definition) is 1.